The lowest BCUT2D eigenvalue weighted by Gasteiger charge is -2.09. The molecule has 3 aromatic rings. The zero-order chi connectivity index (χ0) is 15.2. The van der Waals surface area contributed by atoms with Gasteiger partial charge in [0.1, 0.15) is 0 Å². The number of hydrogen-bond donors (Lipinski definition) is 1. The molecule has 3 rings (SSSR count). The van der Waals surface area contributed by atoms with Gasteiger partial charge < -0.3 is 4.98 Å². The van der Waals surface area contributed by atoms with E-state index in [9.17, 15) is 18.0 Å². The molecular formula is C15H11F3N2O. The minimum absolute atomic E-state index is 0.212. The summed E-state index contributed by atoms with van der Waals surface area (Å²) in [4.78, 5) is 14.6. The molecule has 6 heteroatoms. The van der Waals surface area contributed by atoms with Crippen molar-refractivity contribution in [3.63, 3.8) is 0 Å². The van der Waals surface area contributed by atoms with Crippen LogP contribution in [0.3, 0.4) is 0 Å². The van der Waals surface area contributed by atoms with Gasteiger partial charge in [0.2, 0.25) is 0 Å². The van der Waals surface area contributed by atoms with Crippen LogP contribution >= 0.6 is 0 Å². The lowest BCUT2D eigenvalue weighted by Crippen LogP contribution is -2.15. The molecule has 21 heavy (non-hydrogen) atoms. The quantitative estimate of drug-likeness (QED) is 0.730. The summed E-state index contributed by atoms with van der Waals surface area (Å²) in [6, 6.07) is 10.3. The van der Waals surface area contributed by atoms with E-state index in [1.807, 2.05) is 0 Å². The van der Waals surface area contributed by atoms with Crippen molar-refractivity contribution in [1.29, 1.82) is 0 Å². The van der Waals surface area contributed by atoms with Gasteiger partial charge in [-0.05, 0) is 36.8 Å². The lowest BCUT2D eigenvalue weighted by atomic mass is 10.1. The highest BCUT2D eigenvalue weighted by molar-refractivity contribution is 5.78. The van der Waals surface area contributed by atoms with Crippen LogP contribution < -0.4 is 5.69 Å². The van der Waals surface area contributed by atoms with Crippen molar-refractivity contribution in [1.82, 2.24) is 9.55 Å². The van der Waals surface area contributed by atoms with Crippen molar-refractivity contribution in [3.05, 3.63) is 64.1 Å². The van der Waals surface area contributed by atoms with Gasteiger partial charge in [-0.15, -0.1) is 0 Å². The molecule has 0 aliphatic rings. The van der Waals surface area contributed by atoms with E-state index in [2.05, 4.69) is 4.98 Å². The molecule has 0 atom stereocenters. The van der Waals surface area contributed by atoms with Gasteiger partial charge in [0, 0.05) is 0 Å². The molecule has 3 nitrogen and oxygen atoms in total. The maximum atomic E-state index is 12.8. The number of H-pyrrole nitrogens is 1. The van der Waals surface area contributed by atoms with Crippen molar-refractivity contribution >= 4 is 11.0 Å². The van der Waals surface area contributed by atoms with E-state index in [1.165, 1.54) is 10.6 Å². The van der Waals surface area contributed by atoms with Crippen molar-refractivity contribution in [2.24, 2.45) is 0 Å². The van der Waals surface area contributed by atoms with Crippen LogP contribution in [0.25, 0.3) is 16.7 Å². The molecule has 0 aliphatic carbocycles. The van der Waals surface area contributed by atoms with Gasteiger partial charge in [0.25, 0.3) is 0 Å². The monoisotopic (exact) mass is 292 g/mol. The second kappa shape index (κ2) is 4.51. The van der Waals surface area contributed by atoms with Crippen LogP contribution in [0.4, 0.5) is 13.2 Å². The predicted octanol–water partition coefficient (Wildman–Crippen LogP) is 3.65. The molecule has 0 saturated heterocycles. The van der Waals surface area contributed by atoms with Gasteiger partial charge >= 0.3 is 11.9 Å². The fraction of sp³-hybridized carbons (Fsp3) is 0.133. The number of imidazole rings is 1. The van der Waals surface area contributed by atoms with Gasteiger partial charge in [-0.3, -0.25) is 4.57 Å². The van der Waals surface area contributed by atoms with Gasteiger partial charge in [-0.1, -0.05) is 18.2 Å². The summed E-state index contributed by atoms with van der Waals surface area (Å²) >= 11 is 0. The van der Waals surface area contributed by atoms with Gasteiger partial charge in [-0.25, -0.2) is 4.79 Å². The van der Waals surface area contributed by atoms with Crippen molar-refractivity contribution in [2.45, 2.75) is 13.1 Å². The summed E-state index contributed by atoms with van der Waals surface area (Å²) in [5.74, 6) is 0. The van der Waals surface area contributed by atoms with Crippen LogP contribution in [-0.4, -0.2) is 9.55 Å². The number of nitrogens with zero attached hydrogens (tertiary/aromatic N) is 1. The Morgan fingerprint density at radius 3 is 2.48 bits per heavy atom. The molecule has 0 bridgehead atoms. The zero-order valence-corrected chi connectivity index (χ0v) is 11.0. The van der Waals surface area contributed by atoms with Crippen LogP contribution in [0, 0.1) is 6.92 Å². The first-order valence-electron chi connectivity index (χ1n) is 6.26. The highest BCUT2D eigenvalue weighted by Gasteiger charge is 2.31. The molecule has 1 N–H and O–H groups in total. The van der Waals surface area contributed by atoms with Crippen LogP contribution in [0.1, 0.15) is 11.1 Å². The number of nitrogens with one attached hydrogen (secondary N) is 1. The van der Waals surface area contributed by atoms with Crippen molar-refractivity contribution in [3.8, 4) is 5.69 Å². The zero-order valence-electron chi connectivity index (χ0n) is 11.0. The van der Waals surface area contributed by atoms with Gasteiger partial charge in [0.15, 0.2) is 0 Å². The smallest absolute Gasteiger partial charge is 0.305 e. The van der Waals surface area contributed by atoms with E-state index >= 15 is 0 Å². The number of fused-ring (bicyclic) bond motifs is 1. The number of rotatable bonds is 1. The van der Waals surface area contributed by atoms with E-state index < -0.39 is 17.4 Å². The van der Waals surface area contributed by atoms with E-state index in [4.69, 9.17) is 0 Å². The Morgan fingerprint density at radius 1 is 1.10 bits per heavy atom. The van der Waals surface area contributed by atoms with E-state index in [1.54, 1.807) is 31.2 Å². The fourth-order valence-electron chi connectivity index (χ4n) is 2.33. The van der Waals surface area contributed by atoms with Crippen LogP contribution in [0.5, 0.6) is 0 Å². The topological polar surface area (TPSA) is 37.8 Å². The molecule has 0 saturated carbocycles. The molecule has 0 spiro atoms. The summed E-state index contributed by atoms with van der Waals surface area (Å²) in [6.07, 6.45) is -4.45. The third-order valence-corrected chi connectivity index (χ3v) is 3.37. The number of benzene rings is 2. The Hall–Kier alpha value is -2.50. The average Bonchev–Trinajstić information content (AvgIpc) is 2.73. The Labute approximate surface area is 117 Å². The first-order valence-corrected chi connectivity index (χ1v) is 6.26. The first-order chi connectivity index (χ1) is 9.88. The molecule has 0 unspecified atom stereocenters. The fourth-order valence-corrected chi connectivity index (χ4v) is 2.33. The standard InChI is InChI=1S/C15H11F3N2O/c1-9-4-2-3-5-12(9)20-13-8-10(15(16,17)18)6-7-11(13)19-14(20)21/h2-8H,1H3,(H,19,21). The second-order valence-electron chi connectivity index (χ2n) is 4.78. The minimum atomic E-state index is -4.45. The average molecular weight is 292 g/mol. The molecular weight excluding hydrogens is 281 g/mol. The number of aromatic nitrogens is 2. The molecule has 0 aliphatic heterocycles. The third-order valence-electron chi connectivity index (χ3n) is 3.37. The van der Waals surface area contributed by atoms with Crippen LogP contribution in [0.2, 0.25) is 0 Å². The van der Waals surface area contributed by atoms with Crippen molar-refractivity contribution < 1.29 is 13.2 Å². The molecule has 0 fully saturated rings. The number of alkyl halides is 3. The van der Waals surface area contributed by atoms with Gasteiger partial charge in [0.05, 0.1) is 22.3 Å². The highest BCUT2D eigenvalue weighted by Crippen LogP contribution is 2.31. The summed E-state index contributed by atoms with van der Waals surface area (Å²) in [5, 5.41) is 0. The maximum absolute atomic E-state index is 12.8. The normalized spacial score (nSPS) is 12.0. The number of aryl methyl sites for hydroxylation is 1. The van der Waals surface area contributed by atoms with E-state index in [-0.39, 0.29) is 5.52 Å². The predicted molar refractivity (Wildman–Crippen MR) is 73.6 cm³/mol. The molecule has 1 heterocycles. The molecule has 1 aromatic heterocycles. The summed E-state index contributed by atoms with van der Waals surface area (Å²) in [7, 11) is 0. The number of halogens is 3. The van der Waals surface area contributed by atoms with Gasteiger partial charge in [-0.2, -0.15) is 13.2 Å². The van der Waals surface area contributed by atoms with Crippen LogP contribution in [0.15, 0.2) is 47.3 Å². The Bertz CT molecular complexity index is 874. The number of para-hydroxylation sites is 1. The van der Waals surface area contributed by atoms with E-state index in [0.717, 1.165) is 17.7 Å². The molecule has 0 amide bonds. The van der Waals surface area contributed by atoms with E-state index in [0.29, 0.717) is 11.2 Å². The maximum Gasteiger partial charge on any atom is 0.416 e. The Kier molecular flexibility index (Phi) is 2.90. The SMILES string of the molecule is Cc1ccccc1-n1c(=O)[nH]c2ccc(C(F)(F)F)cc21. The van der Waals surface area contributed by atoms with Crippen LogP contribution in [-0.2, 0) is 6.18 Å². The third kappa shape index (κ3) is 2.22. The number of hydrogen-bond acceptors (Lipinski definition) is 1. The summed E-state index contributed by atoms with van der Waals surface area (Å²) < 4.78 is 39.8. The Balaban J connectivity index is 2.35. The minimum Gasteiger partial charge on any atom is -0.305 e. The molecule has 2 aromatic carbocycles. The Morgan fingerprint density at radius 2 is 1.81 bits per heavy atom. The molecule has 0 radical (unpaired) electrons. The molecule has 108 valence electrons. The second-order valence-corrected chi connectivity index (χ2v) is 4.78. The lowest BCUT2D eigenvalue weighted by molar-refractivity contribution is -0.137. The first kappa shape index (κ1) is 13.5. The van der Waals surface area contributed by atoms with Crippen molar-refractivity contribution in [2.75, 3.05) is 0 Å². The highest BCUT2D eigenvalue weighted by atomic mass is 19.4. The summed E-state index contributed by atoms with van der Waals surface area (Å²) in [5.41, 5.74) is 0.710. The summed E-state index contributed by atoms with van der Waals surface area (Å²) in [6.45, 7) is 1.80. The number of aromatic amines is 1. The largest absolute Gasteiger partial charge is 0.416 e.